The van der Waals surface area contributed by atoms with E-state index in [1.807, 2.05) is 31.0 Å². The lowest BCUT2D eigenvalue weighted by Gasteiger charge is -2.63. The highest BCUT2D eigenvalue weighted by atomic mass is 16.6. The lowest BCUT2D eigenvalue weighted by Crippen LogP contribution is -2.81. The molecule has 0 amide bonds. The molecule has 3 aliphatic heterocycles. The van der Waals surface area contributed by atoms with Crippen molar-refractivity contribution in [3.63, 3.8) is 0 Å². The summed E-state index contributed by atoms with van der Waals surface area (Å²) in [6, 6.07) is 5.22. The number of hydrogen-bond acceptors (Lipinski definition) is 8. The van der Waals surface area contributed by atoms with Gasteiger partial charge in [0.25, 0.3) is 0 Å². The second kappa shape index (κ2) is 7.21. The van der Waals surface area contributed by atoms with E-state index in [1.54, 1.807) is 7.11 Å². The van der Waals surface area contributed by atoms with Crippen LogP contribution in [-0.4, -0.2) is 80.1 Å². The molecule has 6 atom stereocenters. The smallest absolute Gasteiger partial charge is 0.344 e. The maximum absolute atomic E-state index is 13.5. The summed E-state index contributed by atoms with van der Waals surface area (Å²) in [7, 11) is 4.77. The number of hydrogen-bond donors (Lipinski definition) is 1. The first-order valence-electron chi connectivity index (χ1n) is 11.5. The van der Waals surface area contributed by atoms with Crippen molar-refractivity contribution < 1.29 is 28.9 Å². The van der Waals surface area contributed by atoms with Crippen LogP contribution in [0.25, 0.3) is 0 Å². The fourth-order valence-electron chi connectivity index (χ4n) is 7.68. The van der Waals surface area contributed by atoms with Gasteiger partial charge in [0.1, 0.15) is 5.75 Å². The summed E-state index contributed by atoms with van der Waals surface area (Å²) in [5, 5.41) is 12.5. The molecule has 1 saturated carbocycles. The normalized spacial score (nSPS) is 38.4. The average molecular weight is 457 g/mol. The van der Waals surface area contributed by atoms with Crippen molar-refractivity contribution >= 4 is 17.6 Å². The van der Waals surface area contributed by atoms with Gasteiger partial charge in [0.15, 0.2) is 6.10 Å². The van der Waals surface area contributed by atoms with Gasteiger partial charge in [-0.25, -0.2) is 4.79 Å². The molecule has 2 fully saturated rings. The molecule has 1 saturated heterocycles. The molecule has 1 aliphatic carbocycles. The Bertz CT molecular complexity index is 1040. The van der Waals surface area contributed by atoms with Crippen LogP contribution in [0.15, 0.2) is 30.4 Å². The standard InChI is InChI=1S/C25H32N2O6/c1-6-23-10-7-12-27-13-11-24(19(23)27)17-9-8-16(31-4)14-18(17)26(3)20(24)25(30,22(29)32-5)21(23)33-15(2)28/h7-10,14,19-21,30H,6,11-13H2,1-5H3/t19-,20+,21+,23-,24+,25-/m0/s1. The first kappa shape index (κ1) is 22.2. The topological polar surface area (TPSA) is 88.5 Å². The number of ether oxygens (including phenoxy) is 3. The zero-order chi connectivity index (χ0) is 23.8. The molecule has 4 aliphatic rings. The summed E-state index contributed by atoms with van der Waals surface area (Å²) in [4.78, 5) is 30.2. The van der Waals surface area contributed by atoms with E-state index in [-0.39, 0.29) is 6.04 Å². The second-order valence-corrected chi connectivity index (χ2v) is 9.76. The van der Waals surface area contributed by atoms with Crippen molar-refractivity contribution in [3.8, 4) is 5.75 Å². The Balaban J connectivity index is 1.86. The van der Waals surface area contributed by atoms with Crippen LogP contribution in [0.3, 0.4) is 0 Å². The van der Waals surface area contributed by atoms with E-state index in [1.165, 1.54) is 14.0 Å². The number of carbonyl (C=O) groups is 2. The minimum absolute atomic E-state index is 0.0589. The summed E-state index contributed by atoms with van der Waals surface area (Å²) in [6.45, 7) is 4.94. The molecular weight excluding hydrogens is 424 g/mol. The third-order valence-corrected chi connectivity index (χ3v) is 8.62. The number of fused-ring (bicyclic) bond motifs is 1. The molecule has 0 radical (unpaired) electrons. The van der Waals surface area contributed by atoms with Crippen LogP contribution in [0.5, 0.6) is 5.75 Å². The maximum atomic E-state index is 13.5. The SMILES string of the molecule is CC[C@@]12C=CCN3CC[C@@]4(c5ccc(OC)cc5N(C)[C@H]4[C@@](O)(C(=O)OC)[C@@H]1OC(C)=O)[C@@H]32. The molecule has 8 heteroatoms. The number of nitrogens with zero attached hydrogens (tertiary/aromatic N) is 2. The molecule has 1 N–H and O–H groups in total. The first-order valence-corrected chi connectivity index (χ1v) is 11.5. The van der Waals surface area contributed by atoms with Gasteiger partial charge in [-0.2, -0.15) is 0 Å². The number of esters is 2. The molecule has 0 unspecified atom stereocenters. The van der Waals surface area contributed by atoms with E-state index in [2.05, 4.69) is 23.1 Å². The number of carbonyl (C=O) groups excluding carboxylic acids is 2. The fourth-order valence-corrected chi connectivity index (χ4v) is 7.68. The van der Waals surface area contributed by atoms with Crippen LogP contribution in [0.4, 0.5) is 5.69 Å². The van der Waals surface area contributed by atoms with Crippen molar-refractivity contribution in [2.24, 2.45) is 5.41 Å². The van der Waals surface area contributed by atoms with Crippen LogP contribution in [-0.2, 0) is 24.5 Å². The highest BCUT2D eigenvalue weighted by Crippen LogP contribution is 2.67. The number of aliphatic hydroxyl groups is 1. The van der Waals surface area contributed by atoms with Gasteiger partial charge in [-0.05, 0) is 31.0 Å². The Morgan fingerprint density at radius 1 is 1.24 bits per heavy atom. The quantitative estimate of drug-likeness (QED) is 0.541. The molecule has 1 aromatic carbocycles. The van der Waals surface area contributed by atoms with Crippen LogP contribution in [0, 0.1) is 5.41 Å². The molecule has 8 nitrogen and oxygen atoms in total. The molecule has 3 heterocycles. The summed E-state index contributed by atoms with van der Waals surface area (Å²) in [5.41, 5.74) is -1.41. The fraction of sp³-hybridized carbons (Fsp3) is 0.600. The largest absolute Gasteiger partial charge is 0.497 e. The minimum Gasteiger partial charge on any atom is -0.497 e. The van der Waals surface area contributed by atoms with Crippen LogP contribution < -0.4 is 9.64 Å². The Labute approximate surface area is 194 Å². The highest BCUT2D eigenvalue weighted by Gasteiger charge is 2.80. The van der Waals surface area contributed by atoms with Gasteiger partial charge < -0.3 is 24.2 Å². The summed E-state index contributed by atoms with van der Waals surface area (Å²) in [6.07, 6.45) is 4.40. The molecule has 33 heavy (non-hydrogen) atoms. The molecule has 1 spiro atoms. The lowest BCUT2D eigenvalue weighted by molar-refractivity contribution is -0.228. The van der Waals surface area contributed by atoms with Gasteiger partial charge in [-0.1, -0.05) is 25.1 Å². The van der Waals surface area contributed by atoms with E-state index in [0.717, 1.165) is 30.8 Å². The Kier molecular flexibility index (Phi) is 4.85. The number of methoxy groups -OCH3 is 2. The third-order valence-electron chi connectivity index (χ3n) is 8.62. The van der Waals surface area contributed by atoms with E-state index in [0.29, 0.717) is 12.2 Å². The minimum atomic E-state index is -2.08. The molecule has 0 bridgehead atoms. The van der Waals surface area contributed by atoms with Crippen LogP contribution in [0.2, 0.25) is 0 Å². The molecule has 1 aromatic rings. The summed E-state index contributed by atoms with van der Waals surface area (Å²) >= 11 is 0. The predicted molar refractivity (Wildman–Crippen MR) is 121 cm³/mol. The first-order chi connectivity index (χ1) is 15.7. The molecule has 5 rings (SSSR count). The van der Waals surface area contributed by atoms with E-state index in [4.69, 9.17) is 14.2 Å². The van der Waals surface area contributed by atoms with Crippen molar-refractivity contribution in [2.75, 3.05) is 39.3 Å². The zero-order valence-corrected chi connectivity index (χ0v) is 19.8. The summed E-state index contributed by atoms with van der Waals surface area (Å²) in [5.74, 6) is -0.617. The molecule has 0 aromatic heterocycles. The van der Waals surface area contributed by atoms with Gasteiger partial charge in [0, 0.05) is 49.1 Å². The van der Waals surface area contributed by atoms with Gasteiger partial charge in [-0.3, -0.25) is 9.69 Å². The van der Waals surface area contributed by atoms with E-state index >= 15 is 0 Å². The third kappa shape index (κ3) is 2.48. The molecular formula is C25H32N2O6. The van der Waals surface area contributed by atoms with Gasteiger partial charge in [0.05, 0.1) is 20.3 Å². The average Bonchev–Trinajstić information content (AvgIpc) is 3.32. The van der Waals surface area contributed by atoms with Gasteiger partial charge in [0.2, 0.25) is 5.60 Å². The maximum Gasteiger partial charge on any atom is 0.344 e. The Morgan fingerprint density at radius 3 is 2.64 bits per heavy atom. The Morgan fingerprint density at radius 2 is 2.00 bits per heavy atom. The monoisotopic (exact) mass is 456 g/mol. The Hall–Kier alpha value is -2.58. The molecule has 178 valence electrons. The van der Waals surface area contributed by atoms with Crippen LogP contribution in [0.1, 0.15) is 32.3 Å². The number of likely N-dealkylation sites (N-methyl/N-ethyl adjacent to an activating group) is 1. The number of rotatable bonds is 4. The van der Waals surface area contributed by atoms with Gasteiger partial charge in [-0.15, -0.1) is 0 Å². The zero-order valence-electron chi connectivity index (χ0n) is 19.8. The van der Waals surface area contributed by atoms with Crippen molar-refractivity contribution in [1.82, 2.24) is 4.90 Å². The van der Waals surface area contributed by atoms with Crippen LogP contribution >= 0.6 is 0 Å². The summed E-state index contributed by atoms with van der Waals surface area (Å²) < 4.78 is 16.6. The number of benzene rings is 1. The second-order valence-electron chi connectivity index (χ2n) is 9.76. The van der Waals surface area contributed by atoms with Crippen molar-refractivity contribution in [2.45, 2.75) is 55.9 Å². The van der Waals surface area contributed by atoms with E-state index in [9.17, 15) is 14.7 Å². The number of anilines is 1. The lowest BCUT2D eigenvalue weighted by atomic mass is 9.47. The van der Waals surface area contributed by atoms with Crippen molar-refractivity contribution in [1.29, 1.82) is 0 Å². The predicted octanol–water partition coefficient (Wildman–Crippen LogP) is 1.64. The van der Waals surface area contributed by atoms with Gasteiger partial charge >= 0.3 is 11.9 Å². The van der Waals surface area contributed by atoms with Crippen molar-refractivity contribution in [3.05, 3.63) is 35.9 Å². The highest BCUT2D eigenvalue weighted by molar-refractivity contribution is 5.87. The van der Waals surface area contributed by atoms with E-state index < -0.39 is 40.5 Å².